The fraction of sp³-hybridized carbons (Fsp3) is 0.556. The normalized spacial score (nSPS) is 13.3. The van der Waals surface area contributed by atoms with Crippen LogP contribution in [0.25, 0.3) is 0 Å². The molecule has 0 saturated carbocycles. The van der Waals surface area contributed by atoms with E-state index in [9.17, 15) is 0 Å². The van der Waals surface area contributed by atoms with Crippen molar-refractivity contribution in [1.29, 1.82) is 0 Å². The second-order valence-corrected chi connectivity index (χ2v) is 3.56. The predicted octanol–water partition coefficient (Wildman–Crippen LogP) is 2.89. The van der Waals surface area contributed by atoms with Crippen LogP contribution in [0.4, 0.5) is 0 Å². The Labute approximate surface area is 72.0 Å². The molecule has 0 aliphatic carbocycles. The summed E-state index contributed by atoms with van der Waals surface area (Å²) in [6.45, 7) is 5.88. The van der Waals surface area contributed by atoms with E-state index in [0.717, 1.165) is 13.2 Å². The third kappa shape index (κ3) is 2.64. The fourth-order valence-electron chi connectivity index (χ4n) is 0.948. The summed E-state index contributed by atoms with van der Waals surface area (Å²) in [5, 5.41) is 2.11. The third-order valence-corrected chi connectivity index (χ3v) is 2.70. The quantitative estimate of drug-likeness (QED) is 0.675. The molecular weight excluding hydrogens is 156 g/mol. The van der Waals surface area contributed by atoms with Crippen molar-refractivity contribution in [2.75, 3.05) is 13.2 Å². The van der Waals surface area contributed by atoms with Crippen molar-refractivity contribution in [3.8, 4) is 0 Å². The van der Waals surface area contributed by atoms with Gasteiger partial charge >= 0.3 is 0 Å². The maximum Gasteiger partial charge on any atom is 0.0539 e. The standard InChI is InChI=1S/C9H14OS/c1-3-10-7-8(2)9-5-4-6-11-9/h4-6,8H,3,7H2,1-2H3. The largest absolute Gasteiger partial charge is 0.381 e. The maximum atomic E-state index is 5.33. The van der Waals surface area contributed by atoms with E-state index < -0.39 is 0 Å². The van der Waals surface area contributed by atoms with Crippen molar-refractivity contribution in [2.45, 2.75) is 19.8 Å². The predicted molar refractivity (Wildman–Crippen MR) is 49.2 cm³/mol. The summed E-state index contributed by atoms with van der Waals surface area (Å²) < 4.78 is 5.33. The van der Waals surface area contributed by atoms with Crippen LogP contribution in [-0.2, 0) is 4.74 Å². The van der Waals surface area contributed by atoms with Gasteiger partial charge in [0.25, 0.3) is 0 Å². The van der Waals surface area contributed by atoms with Gasteiger partial charge in [-0.1, -0.05) is 13.0 Å². The Balaban J connectivity index is 2.36. The summed E-state index contributed by atoms with van der Waals surface area (Å²) in [7, 11) is 0. The highest BCUT2D eigenvalue weighted by molar-refractivity contribution is 7.10. The first-order valence-corrected chi connectivity index (χ1v) is 4.83. The first kappa shape index (κ1) is 8.75. The van der Waals surface area contributed by atoms with E-state index in [2.05, 4.69) is 24.4 Å². The Morgan fingerprint density at radius 1 is 1.64 bits per heavy atom. The van der Waals surface area contributed by atoms with E-state index in [0.29, 0.717) is 5.92 Å². The van der Waals surface area contributed by atoms with Crippen molar-refractivity contribution in [3.05, 3.63) is 22.4 Å². The first-order valence-electron chi connectivity index (χ1n) is 3.95. The van der Waals surface area contributed by atoms with Gasteiger partial charge < -0.3 is 4.74 Å². The highest BCUT2D eigenvalue weighted by Gasteiger charge is 2.04. The van der Waals surface area contributed by atoms with Crippen LogP contribution >= 0.6 is 11.3 Å². The van der Waals surface area contributed by atoms with E-state index in [1.165, 1.54) is 4.88 Å². The molecule has 1 aromatic rings. The minimum Gasteiger partial charge on any atom is -0.381 e. The smallest absolute Gasteiger partial charge is 0.0539 e. The zero-order chi connectivity index (χ0) is 8.10. The summed E-state index contributed by atoms with van der Waals surface area (Å²) >= 11 is 1.80. The zero-order valence-electron chi connectivity index (χ0n) is 7.04. The molecule has 0 radical (unpaired) electrons. The monoisotopic (exact) mass is 170 g/mol. The molecular formula is C9H14OS. The lowest BCUT2D eigenvalue weighted by molar-refractivity contribution is 0.137. The molecule has 1 heterocycles. The van der Waals surface area contributed by atoms with Crippen LogP contribution in [0.2, 0.25) is 0 Å². The van der Waals surface area contributed by atoms with Crippen molar-refractivity contribution in [1.82, 2.24) is 0 Å². The molecule has 62 valence electrons. The molecule has 1 rings (SSSR count). The highest BCUT2D eigenvalue weighted by atomic mass is 32.1. The van der Waals surface area contributed by atoms with Crippen molar-refractivity contribution in [2.24, 2.45) is 0 Å². The number of rotatable bonds is 4. The fourth-order valence-corrected chi connectivity index (χ4v) is 1.72. The van der Waals surface area contributed by atoms with Crippen LogP contribution in [0.5, 0.6) is 0 Å². The van der Waals surface area contributed by atoms with Crippen LogP contribution in [-0.4, -0.2) is 13.2 Å². The average molecular weight is 170 g/mol. The molecule has 11 heavy (non-hydrogen) atoms. The van der Waals surface area contributed by atoms with Gasteiger partial charge in [0.2, 0.25) is 0 Å². The lowest BCUT2D eigenvalue weighted by Crippen LogP contribution is -2.01. The maximum absolute atomic E-state index is 5.33. The molecule has 2 heteroatoms. The molecule has 1 aromatic heterocycles. The van der Waals surface area contributed by atoms with E-state index in [4.69, 9.17) is 4.74 Å². The van der Waals surface area contributed by atoms with E-state index in [-0.39, 0.29) is 0 Å². The molecule has 0 bridgehead atoms. The zero-order valence-corrected chi connectivity index (χ0v) is 7.86. The third-order valence-electron chi connectivity index (χ3n) is 1.60. The Bertz CT molecular complexity index is 181. The Morgan fingerprint density at radius 2 is 2.45 bits per heavy atom. The molecule has 0 aromatic carbocycles. The van der Waals surface area contributed by atoms with Gasteiger partial charge in [0.15, 0.2) is 0 Å². The molecule has 0 amide bonds. The van der Waals surface area contributed by atoms with Gasteiger partial charge in [-0.3, -0.25) is 0 Å². The topological polar surface area (TPSA) is 9.23 Å². The average Bonchev–Trinajstić information content (AvgIpc) is 2.52. The summed E-state index contributed by atoms with van der Waals surface area (Å²) in [6, 6.07) is 4.25. The van der Waals surface area contributed by atoms with Crippen LogP contribution in [0.3, 0.4) is 0 Å². The molecule has 0 aliphatic heterocycles. The highest BCUT2D eigenvalue weighted by Crippen LogP contribution is 2.20. The Morgan fingerprint density at radius 3 is 3.00 bits per heavy atom. The molecule has 0 aliphatic rings. The van der Waals surface area contributed by atoms with Gasteiger partial charge in [0, 0.05) is 17.4 Å². The minimum atomic E-state index is 0.551. The summed E-state index contributed by atoms with van der Waals surface area (Å²) in [4.78, 5) is 1.42. The van der Waals surface area contributed by atoms with Gasteiger partial charge in [-0.2, -0.15) is 0 Å². The van der Waals surface area contributed by atoms with Crippen molar-refractivity contribution in [3.63, 3.8) is 0 Å². The number of hydrogen-bond donors (Lipinski definition) is 0. The van der Waals surface area contributed by atoms with Gasteiger partial charge in [-0.05, 0) is 18.4 Å². The van der Waals surface area contributed by atoms with Gasteiger partial charge in [-0.25, -0.2) is 0 Å². The second-order valence-electron chi connectivity index (χ2n) is 2.58. The molecule has 1 nitrogen and oxygen atoms in total. The minimum absolute atomic E-state index is 0.551. The molecule has 0 spiro atoms. The van der Waals surface area contributed by atoms with Crippen LogP contribution < -0.4 is 0 Å². The summed E-state index contributed by atoms with van der Waals surface area (Å²) in [5.41, 5.74) is 0. The second kappa shape index (κ2) is 4.52. The molecule has 1 atom stereocenters. The summed E-state index contributed by atoms with van der Waals surface area (Å²) in [5.74, 6) is 0.551. The van der Waals surface area contributed by atoms with Crippen molar-refractivity contribution >= 4 is 11.3 Å². The van der Waals surface area contributed by atoms with E-state index in [1.54, 1.807) is 11.3 Å². The van der Waals surface area contributed by atoms with Gasteiger partial charge in [-0.15, -0.1) is 11.3 Å². The number of ether oxygens (including phenoxy) is 1. The van der Waals surface area contributed by atoms with Gasteiger partial charge in [0.05, 0.1) is 6.61 Å². The Kier molecular flexibility index (Phi) is 3.60. The Hall–Kier alpha value is -0.340. The van der Waals surface area contributed by atoms with Crippen molar-refractivity contribution < 1.29 is 4.74 Å². The number of thiophene rings is 1. The van der Waals surface area contributed by atoms with Crippen LogP contribution in [0, 0.1) is 0 Å². The summed E-state index contributed by atoms with van der Waals surface area (Å²) in [6.07, 6.45) is 0. The number of hydrogen-bond acceptors (Lipinski definition) is 2. The molecule has 0 N–H and O–H groups in total. The molecule has 0 saturated heterocycles. The van der Waals surface area contributed by atoms with E-state index in [1.807, 2.05) is 6.92 Å². The first-order chi connectivity index (χ1) is 5.34. The van der Waals surface area contributed by atoms with Gasteiger partial charge in [0.1, 0.15) is 0 Å². The lowest BCUT2D eigenvalue weighted by Gasteiger charge is -2.07. The lowest BCUT2D eigenvalue weighted by atomic mass is 10.1. The molecule has 0 fully saturated rings. The van der Waals surface area contributed by atoms with Crippen LogP contribution in [0.1, 0.15) is 24.6 Å². The SMILES string of the molecule is CCOCC(C)c1cccs1. The molecule has 1 unspecified atom stereocenters. The van der Waals surface area contributed by atoms with Crippen LogP contribution in [0.15, 0.2) is 17.5 Å². The van der Waals surface area contributed by atoms with E-state index >= 15 is 0 Å².